The molecule has 3 nitrogen and oxygen atoms in total. The summed E-state index contributed by atoms with van der Waals surface area (Å²) in [6.45, 7) is 6.82. The van der Waals surface area contributed by atoms with E-state index >= 15 is 0 Å². The molecule has 0 bridgehead atoms. The van der Waals surface area contributed by atoms with Crippen LogP contribution in [0.15, 0.2) is 24.3 Å². The van der Waals surface area contributed by atoms with E-state index < -0.39 is 0 Å². The third kappa shape index (κ3) is 4.11. The van der Waals surface area contributed by atoms with Crippen molar-refractivity contribution in [2.75, 3.05) is 5.32 Å². The van der Waals surface area contributed by atoms with Crippen LogP contribution < -0.4 is 5.32 Å². The number of nitrogens with one attached hydrogen (secondary N) is 1. The van der Waals surface area contributed by atoms with E-state index in [0.717, 1.165) is 30.4 Å². The highest BCUT2D eigenvalue weighted by Gasteiger charge is 2.32. The molecule has 1 heterocycles. The summed E-state index contributed by atoms with van der Waals surface area (Å²) in [6.07, 6.45) is 3.28. The summed E-state index contributed by atoms with van der Waals surface area (Å²) in [5.41, 5.74) is 2.95. The summed E-state index contributed by atoms with van der Waals surface area (Å²) in [7, 11) is 0. The number of amides is 1. The van der Waals surface area contributed by atoms with Crippen LogP contribution >= 0.6 is 22.9 Å². The number of carbonyl (C=O) groups excluding carboxylic acids is 1. The number of rotatable bonds is 3. The summed E-state index contributed by atoms with van der Waals surface area (Å²) in [5.74, 6) is 0.507. The number of nitrogens with zero attached hydrogens (tertiary/aromatic N) is 1. The summed E-state index contributed by atoms with van der Waals surface area (Å²) >= 11 is 7.46. The van der Waals surface area contributed by atoms with Crippen molar-refractivity contribution < 1.29 is 4.79 Å². The van der Waals surface area contributed by atoms with Gasteiger partial charge in [-0.25, -0.2) is 0 Å². The highest BCUT2D eigenvalue weighted by molar-refractivity contribution is 7.16. The van der Waals surface area contributed by atoms with Gasteiger partial charge >= 0.3 is 0 Å². The minimum Gasteiger partial charge on any atom is -0.316 e. The maximum absolute atomic E-state index is 12.4. The van der Waals surface area contributed by atoms with Gasteiger partial charge in [-0.2, -0.15) is 5.26 Å². The minimum atomic E-state index is -0.102. The monoisotopic (exact) mass is 386 g/mol. The van der Waals surface area contributed by atoms with Crippen LogP contribution in [0.3, 0.4) is 0 Å². The van der Waals surface area contributed by atoms with E-state index in [0.29, 0.717) is 21.5 Å². The molecule has 26 heavy (non-hydrogen) atoms. The van der Waals surface area contributed by atoms with Crippen molar-refractivity contribution in [1.82, 2.24) is 0 Å². The third-order valence-corrected chi connectivity index (χ3v) is 6.55. The van der Waals surface area contributed by atoms with E-state index in [9.17, 15) is 10.1 Å². The zero-order valence-corrected chi connectivity index (χ0v) is 16.9. The van der Waals surface area contributed by atoms with Crippen molar-refractivity contribution >= 4 is 33.8 Å². The van der Waals surface area contributed by atoms with Crippen molar-refractivity contribution in [3.63, 3.8) is 0 Å². The molecule has 5 heteroatoms. The van der Waals surface area contributed by atoms with Crippen LogP contribution in [0.1, 0.15) is 48.8 Å². The number of nitriles is 1. The van der Waals surface area contributed by atoms with Crippen molar-refractivity contribution in [2.24, 2.45) is 11.3 Å². The highest BCUT2D eigenvalue weighted by Crippen LogP contribution is 2.44. The first-order chi connectivity index (χ1) is 12.3. The second-order valence-corrected chi connectivity index (χ2v) is 9.52. The molecule has 1 aromatic heterocycles. The molecule has 1 amide bonds. The van der Waals surface area contributed by atoms with Crippen LogP contribution in [0.2, 0.25) is 5.02 Å². The molecule has 1 aromatic carbocycles. The average Bonchev–Trinajstić information content (AvgIpc) is 2.92. The van der Waals surface area contributed by atoms with E-state index in [-0.39, 0.29) is 17.7 Å². The Morgan fingerprint density at radius 3 is 2.65 bits per heavy atom. The first kappa shape index (κ1) is 18.9. The number of thiophene rings is 1. The molecule has 2 aromatic rings. The van der Waals surface area contributed by atoms with Gasteiger partial charge in [0, 0.05) is 9.90 Å². The molecule has 0 spiro atoms. The third-order valence-electron chi connectivity index (χ3n) is 5.13. The number of hydrogen-bond donors (Lipinski definition) is 1. The molecule has 0 aliphatic heterocycles. The Morgan fingerprint density at radius 1 is 1.35 bits per heavy atom. The zero-order chi connectivity index (χ0) is 18.9. The lowest BCUT2D eigenvalue weighted by atomic mass is 9.72. The Morgan fingerprint density at radius 2 is 2.04 bits per heavy atom. The number of anilines is 1. The van der Waals surface area contributed by atoms with Gasteiger partial charge in [-0.05, 0) is 53.9 Å². The lowest BCUT2D eigenvalue weighted by Crippen LogP contribution is -2.26. The maximum Gasteiger partial charge on any atom is 0.229 e. The van der Waals surface area contributed by atoms with Crippen LogP contribution in [0.25, 0.3) is 0 Å². The zero-order valence-electron chi connectivity index (χ0n) is 15.4. The first-order valence-corrected chi connectivity index (χ1v) is 10.1. The molecule has 1 aliphatic rings. The lowest BCUT2D eigenvalue weighted by Gasteiger charge is -2.33. The molecule has 136 valence electrons. The fourth-order valence-electron chi connectivity index (χ4n) is 3.49. The van der Waals surface area contributed by atoms with Gasteiger partial charge in [0.1, 0.15) is 11.1 Å². The summed E-state index contributed by atoms with van der Waals surface area (Å²) in [6, 6.07) is 9.57. The predicted molar refractivity (Wildman–Crippen MR) is 108 cm³/mol. The Bertz CT molecular complexity index is 856. The Hall–Kier alpha value is -1.83. The molecule has 0 unspecified atom stereocenters. The molecular formula is C21H23ClN2OS. The SMILES string of the molecule is CC(C)(C)[C@@H]1CCc2c(sc(NC(=O)Cc3ccc(Cl)cc3)c2C#N)C1. The highest BCUT2D eigenvalue weighted by atomic mass is 35.5. The van der Waals surface area contributed by atoms with Crippen LogP contribution in [0.4, 0.5) is 5.00 Å². The average molecular weight is 387 g/mol. The molecule has 1 aliphatic carbocycles. The maximum atomic E-state index is 12.4. The Balaban J connectivity index is 1.77. The van der Waals surface area contributed by atoms with Gasteiger partial charge in [0.15, 0.2) is 0 Å². The van der Waals surface area contributed by atoms with Crippen molar-refractivity contribution in [3.05, 3.63) is 50.9 Å². The quantitative estimate of drug-likeness (QED) is 0.745. The lowest BCUT2D eigenvalue weighted by molar-refractivity contribution is -0.115. The molecule has 0 radical (unpaired) electrons. The predicted octanol–water partition coefficient (Wildman–Crippen LogP) is 5.61. The van der Waals surface area contributed by atoms with Gasteiger partial charge in [0.05, 0.1) is 12.0 Å². The van der Waals surface area contributed by atoms with E-state index in [1.807, 2.05) is 12.1 Å². The van der Waals surface area contributed by atoms with E-state index in [1.54, 1.807) is 23.5 Å². The van der Waals surface area contributed by atoms with Gasteiger partial charge in [0.25, 0.3) is 0 Å². The standard InChI is InChI=1S/C21H23ClN2OS/c1-21(2,3)14-6-9-16-17(12-23)20(26-18(16)11-14)24-19(25)10-13-4-7-15(22)8-5-13/h4-5,7-8,14H,6,9-11H2,1-3H3,(H,24,25)/t14-/m1/s1. The van der Waals surface area contributed by atoms with Crippen molar-refractivity contribution in [3.8, 4) is 6.07 Å². The Kier molecular flexibility index (Phi) is 5.41. The molecule has 0 saturated heterocycles. The van der Waals surface area contributed by atoms with Crippen LogP contribution in [0.5, 0.6) is 0 Å². The number of halogens is 1. The topological polar surface area (TPSA) is 52.9 Å². The fourth-order valence-corrected chi connectivity index (χ4v) is 4.91. The van der Waals surface area contributed by atoms with Crippen LogP contribution in [-0.2, 0) is 24.1 Å². The van der Waals surface area contributed by atoms with Gasteiger partial charge in [-0.15, -0.1) is 11.3 Å². The van der Waals surface area contributed by atoms with Crippen LogP contribution in [0, 0.1) is 22.7 Å². The second kappa shape index (κ2) is 7.42. The smallest absolute Gasteiger partial charge is 0.229 e. The first-order valence-electron chi connectivity index (χ1n) is 8.87. The number of benzene rings is 1. The largest absolute Gasteiger partial charge is 0.316 e. The number of carbonyl (C=O) groups is 1. The van der Waals surface area contributed by atoms with Gasteiger partial charge in [-0.1, -0.05) is 44.5 Å². The van der Waals surface area contributed by atoms with Gasteiger partial charge in [-0.3, -0.25) is 4.79 Å². The van der Waals surface area contributed by atoms with Crippen molar-refractivity contribution in [1.29, 1.82) is 5.26 Å². The Labute approximate surface area is 164 Å². The van der Waals surface area contributed by atoms with E-state index in [1.165, 1.54) is 4.88 Å². The molecule has 0 saturated carbocycles. The molecular weight excluding hydrogens is 364 g/mol. The summed E-state index contributed by atoms with van der Waals surface area (Å²) in [4.78, 5) is 13.7. The summed E-state index contributed by atoms with van der Waals surface area (Å²) in [5, 5.41) is 13.9. The number of hydrogen-bond acceptors (Lipinski definition) is 3. The molecule has 1 N–H and O–H groups in total. The van der Waals surface area contributed by atoms with Crippen LogP contribution in [-0.4, -0.2) is 5.91 Å². The minimum absolute atomic E-state index is 0.102. The normalized spacial score (nSPS) is 16.7. The van der Waals surface area contributed by atoms with Crippen molar-refractivity contribution in [2.45, 2.75) is 46.5 Å². The molecule has 0 fully saturated rings. The fraction of sp³-hybridized carbons (Fsp3) is 0.429. The van der Waals surface area contributed by atoms with E-state index in [4.69, 9.17) is 11.6 Å². The number of fused-ring (bicyclic) bond motifs is 1. The van der Waals surface area contributed by atoms with Gasteiger partial charge in [0.2, 0.25) is 5.91 Å². The second-order valence-electron chi connectivity index (χ2n) is 7.98. The van der Waals surface area contributed by atoms with Gasteiger partial charge < -0.3 is 5.32 Å². The summed E-state index contributed by atoms with van der Waals surface area (Å²) < 4.78 is 0. The molecule has 3 rings (SSSR count). The van der Waals surface area contributed by atoms with E-state index in [2.05, 4.69) is 32.2 Å². The molecule has 1 atom stereocenters.